The van der Waals surface area contributed by atoms with Crippen molar-refractivity contribution in [2.45, 2.75) is 25.5 Å². The van der Waals surface area contributed by atoms with E-state index in [4.69, 9.17) is 10.5 Å². The molecule has 0 aromatic rings. The summed E-state index contributed by atoms with van der Waals surface area (Å²) >= 11 is 0. The van der Waals surface area contributed by atoms with Gasteiger partial charge in [0.1, 0.15) is 0 Å². The van der Waals surface area contributed by atoms with Crippen molar-refractivity contribution in [1.29, 1.82) is 0 Å². The first-order chi connectivity index (χ1) is 7.68. The number of likely N-dealkylation sites (tertiary alicyclic amines) is 1. The fourth-order valence-electron chi connectivity index (χ4n) is 2.52. The monoisotopic (exact) mass is 227 g/mol. The molecule has 0 spiro atoms. The maximum atomic E-state index is 11.1. The lowest BCUT2D eigenvalue weighted by atomic mass is 10.1. The third-order valence-corrected chi connectivity index (χ3v) is 3.69. The molecule has 0 bridgehead atoms. The first-order valence-electron chi connectivity index (χ1n) is 6.04. The van der Waals surface area contributed by atoms with Gasteiger partial charge in [-0.05, 0) is 19.9 Å². The summed E-state index contributed by atoms with van der Waals surface area (Å²) in [6, 6.07) is 0.358. The van der Waals surface area contributed by atoms with Gasteiger partial charge in [-0.1, -0.05) is 0 Å². The summed E-state index contributed by atoms with van der Waals surface area (Å²) in [7, 11) is 0. The van der Waals surface area contributed by atoms with Gasteiger partial charge in [0.15, 0.2) is 0 Å². The van der Waals surface area contributed by atoms with Gasteiger partial charge in [-0.3, -0.25) is 9.69 Å². The second-order valence-corrected chi connectivity index (χ2v) is 4.74. The molecule has 2 saturated heterocycles. The summed E-state index contributed by atoms with van der Waals surface area (Å²) in [5.41, 5.74) is 5.33. The zero-order valence-electron chi connectivity index (χ0n) is 9.82. The van der Waals surface area contributed by atoms with Crippen LogP contribution in [-0.4, -0.2) is 55.7 Å². The quantitative estimate of drug-likeness (QED) is 0.660. The number of nitrogens with zero attached hydrogens (tertiary/aromatic N) is 1. The normalized spacial score (nSPS) is 33.8. The highest BCUT2D eigenvalue weighted by Crippen LogP contribution is 2.21. The SMILES string of the molecule is CC(C1CNCCO1)N1CCC(C(N)=O)C1. The van der Waals surface area contributed by atoms with E-state index in [1.807, 2.05) is 0 Å². The average molecular weight is 227 g/mol. The highest BCUT2D eigenvalue weighted by molar-refractivity contribution is 5.77. The van der Waals surface area contributed by atoms with Crippen LogP contribution in [0.1, 0.15) is 13.3 Å². The molecule has 3 unspecified atom stereocenters. The number of carbonyl (C=O) groups excluding carboxylic acids is 1. The van der Waals surface area contributed by atoms with Crippen molar-refractivity contribution in [3.63, 3.8) is 0 Å². The number of nitrogens with two attached hydrogens (primary N) is 1. The maximum absolute atomic E-state index is 11.1. The van der Waals surface area contributed by atoms with E-state index in [9.17, 15) is 4.79 Å². The van der Waals surface area contributed by atoms with E-state index in [1.165, 1.54) is 0 Å². The van der Waals surface area contributed by atoms with E-state index in [0.29, 0.717) is 6.04 Å². The van der Waals surface area contributed by atoms with Crippen molar-refractivity contribution < 1.29 is 9.53 Å². The van der Waals surface area contributed by atoms with Gasteiger partial charge in [-0.25, -0.2) is 0 Å². The Bertz CT molecular complexity index is 254. The second-order valence-electron chi connectivity index (χ2n) is 4.74. The molecule has 0 aliphatic carbocycles. The number of ether oxygens (including phenoxy) is 1. The minimum absolute atomic E-state index is 0.0269. The van der Waals surface area contributed by atoms with E-state index in [2.05, 4.69) is 17.1 Å². The molecule has 92 valence electrons. The summed E-state index contributed by atoms with van der Waals surface area (Å²) in [6.45, 7) is 6.53. The number of carbonyl (C=O) groups is 1. The molecule has 2 rings (SSSR count). The number of hydrogen-bond acceptors (Lipinski definition) is 4. The summed E-state index contributed by atoms with van der Waals surface area (Å²) < 4.78 is 5.73. The molecule has 1 amide bonds. The van der Waals surface area contributed by atoms with E-state index in [-0.39, 0.29) is 17.9 Å². The summed E-state index contributed by atoms with van der Waals surface area (Å²) in [5.74, 6) is -0.142. The van der Waals surface area contributed by atoms with Crippen molar-refractivity contribution in [3.8, 4) is 0 Å². The highest BCUT2D eigenvalue weighted by Gasteiger charge is 2.33. The largest absolute Gasteiger partial charge is 0.374 e. The maximum Gasteiger partial charge on any atom is 0.221 e. The van der Waals surface area contributed by atoms with Gasteiger partial charge in [-0.15, -0.1) is 0 Å². The van der Waals surface area contributed by atoms with Crippen molar-refractivity contribution in [3.05, 3.63) is 0 Å². The van der Waals surface area contributed by atoms with Crippen LogP contribution < -0.4 is 11.1 Å². The van der Waals surface area contributed by atoms with Crippen LogP contribution in [0.15, 0.2) is 0 Å². The zero-order valence-corrected chi connectivity index (χ0v) is 9.82. The third-order valence-electron chi connectivity index (χ3n) is 3.69. The molecule has 0 aromatic carbocycles. The van der Waals surface area contributed by atoms with Gasteiger partial charge in [0, 0.05) is 25.7 Å². The van der Waals surface area contributed by atoms with E-state index in [0.717, 1.165) is 39.2 Å². The molecule has 2 aliphatic rings. The Balaban J connectivity index is 1.85. The summed E-state index contributed by atoms with van der Waals surface area (Å²) in [4.78, 5) is 13.4. The number of primary amides is 1. The molecular weight excluding hydrogens is 206 g/mol. The molecule has 5 nitrogen and oxygen atoms in total. The number of amides is 1. The minimum Gasteiger partial charge on any atom is -0.374 e. The molecule has 2 aliphatic heterocycles. The Labute approximate surface area is 96.3 Å². The van der Waals surface area contributed by atoms with Crippen LogP contribution in [0.5, 0.6) is 0 Å². The number of morpholine rings is 1. The van der Waals surface area contributed by atoms with Crippen LogP contribution >= 0.6 is 0 Å². The standard InChI is InChI=1S/C11H21N3O2/c1-8(10-6-13-3-5-16-10)14-4-2-9(7-14)11(12)15/h8-10,13H,2-7H2,1H3,(H2,12,15). The fourth-order valence-corrected chi connectivity index (χ4v) is 2.52. The van der Waals surface area contributed by atoms with Gasteiger partial charge in [0.2, 0.25) is 5.91 Å². The number of hydrogen-bond donors (Lipinski definition) is 2. The van der Waals surface area contributed by atoms with Crippen LogP contribution in [0.3, 0.4) is 0 Å². The van der Waals surface area contributed by atoms with Crippen molar-refractivity contribution in [2.24, 2.45) is 11.7 Å². The van der Waals surface area contributed by atoms with Gasteiger partial charge >= 0.3 is 0 Å². The Hall–Kier alpha value is -0.650. The van der Waals surface area contributed by atoms with E-state index >= 15 is 0 Å². The molecule has 3 atom stereocenters. The molecule has 2 fully saturated rings. The van der Waals surface area contributed by atoms with Crippen LogP contribution in [0.2, 0.25) is 0 Å². The lowest BCUT2D eigenvalue weighted by Crippen LogP contribution is -2.50. The Kier molecular flexibility index (Phi) is 3.78. The molecule has 16 heavy (non-hydrogen) atoms. The number of nitrogens with one attached hydrogen (secondary N) is 1. The van der Waals surface area contributed by atoms with Crippen molar-refractivity contribution >= 4 is 5.91 Å². The van der Waals surface area contributed by atoms with Crippen molar-refractivity contribution in [2.75, 3.05) is 32.8 Å². The predicted molar refractivity (Wildman–Crippen MR) is 60.9 cm³/mol. The molecule has 0 aromatic heterocycles. The molecule has 0 saturated carbocycles. The second kappa shape index (κ2) is 5.12. The van der Waals surface area contributed by atoms with Crippen LogP contribution in [0.4, 0.5) is 0 Å². The molecule has 5 heteroatoms. The van der Waals surface area contributed by atoms with Crippen LogP contribution in [-0.2, 0) is 9.53 Å². The Morgan fingerprint density at radius 1 is 1.62 bits per heavy atom. The smallest absolute Gasteiger partial charge is 0.221 e. The lowest BCUT2D eigenvalue weighted by Gasteiger charge is -2.34. The minimum atomic E-state index is -0.169. The predicted octanol–water partition coefficient (Wildman–Crippen LogP) is -0.829. The Morgan fingerprint density at radius 2 is 2.44 bits per heavy atom. The third kappa shape index (κ3) is 2.53. The average Bonchev–Trinajstić information content (AvgIpc) is 2.78. The van der Waals surface area contributed by atoms with Crippen molar-refractivity contribution in [1.82, 2.24) is 10.2 Å². The molecule has 2 heterocycles. The summed E-state index contributed by atoms with van der Waals surface area (Å²) in [5, 5.41) is 3.33. The first kappa shape index (κ1) is 11.8. The lowest BCUT2D eigenvalue weighted by molar-refractivity contribution is -0.121. The zero-order chi connectivity index (χ0) is 11.5. The van der Waals surface area contributed by atoms with Gasteiger partial charge in [-0.2, -0.15) is 0 Å². The van der Waals surface area contributed by atoms with E-state index < -0.39 is 0 Å². The molecule has 0 radical (unpaired) electrons. The van der Waals surface area contributed by atoms with Gasteiger partial charge in [0.05, 0.1) is 18.6 Å². The summed E-state index contributed by atoms with van der Waals surface area (Å²) in [6.07, 6.45) is 1.13. The highest BCUT2D eigenvalue weighted by atomic mass is 16.5. The Morgan fingerprint density at radius 3 is 3.00 bits per heavy atom. The first-order valence-corrected chi connectivity index (χ1v) is 6.04. The van der Waals surface area contributed by atoms with Gasteiger partial charge in [0.25, 0.3) is 0 Å². The topological polar surface area (TPSA) is 67.6 Å². The molecular formula is C11H21N3O2. The van der Waals surface area contributed by atoms with Crippen LogP contribution in [0, 0.1) is 5.92 Å². The van der Waals surface area contributed by atoms with E-state index in [1.54, 1.807) is 0 Å². The van der Waals surface area contributed by atoms with Crippen LogP contribution in [0.25, 0.3) is 0 Å². The fraction of sp³-hybridized carbons (Fsp3) is 0.909. The van der Waals surface area contributed by atoms with Gasteiger partial charge < -0.3 is 15.8 Å². The molecule has 3 N–H and O–H groups in total. The number of rotatable bonds is 3.